The van der Waals surface area contributed by atoms with E-state index in [4.69, 9.17) is 11.5 Å². The number of anilines is 8. The highest BCUT2D eigenvalue weighted by Crippen LogP contribution is 2.41. The second kappa shape index (κ2) is 12.8. The standard InChI is InChI=1S/C42H34N4/c43-41-29-39(31-21-25-37(26-22-31)45(33-13-5-1-6-14-33)34-15-7-2-8-16-34)40(30-42(41)44)32-23-27-38(28-24-32)46(35-17-9-3-10-18-35)36-19-11-4-12-20-36/h1-30H,43-44H2. The highest BCUT2D eigenvalue weighted by atomic mass is 15.1. The molecule has 7 aromatic rings. The molecule has 46 heavy (non-hydrogen) atoms. The van der Waals surface area contributed by atoms with Gasteiger partial charge in [0.2, 0.25) is 0 Å². The van der Waals surface area contributed by atoms with Gasteiger partial charge < -0.3 is 21.3 Å². The minimum atomic E-state index is 0.564. The van der Waals surface area contributed by atoms with E-state index in [2.05, 4.69) is 155 Å². The molecule has 0 atom stereocenters. The molecular weight excluding hydrogens is 560 g/mol. The van der Waals surface area contributed by atoms with E-state index in [9.17, 15) is 0 Å². The maximum Gasteiger partial charge on any atom is 0.0554 e. The molecule has 4 nitrogen and oxygen atoms in total. The van der Waals surface area contributed by atoms with E-state index in [0.717, 1.165) is 56.4 Å². The summed E-state index contributed by atoms with van der Waals surface area (Å²) in [6, 6.07) is 62.9. The fourth-order valence-corrected chi connectivity index (χ4v) is 5.89. The topological polar surface area (TPSA) is 58.5 Å². The van der Waals surface area contributed by atoms with Crippen molar-refractivity contribution in [3.8, 4) is 22.3 Å². The quantitative estimate of drug-likeness (QED) is 0.172. The molecule has 0 aliphatic rings. The lowest BCUT2D eigenvalue weighted by Crippen LogP contribution is -2.09. The Hall–Kier alpha value is -6.26. The average molecular weight is 595 g/mol. The molecule has 4 heteroatoms. The monoisotopic (exact) mass is 594 g/mol. The lowest BCUT2D eigenvalue weighted by molar-refractivity contribution is 1.28. The first-order valence-electron chi connectivity index (χ1n) is 15.4. The second-order valence-electron chi connectivity index (χ2n) is 11.1. The third-order valence-electron chi connectivity index (χ3n) is 8.15. The molecule has 0 amide bonds. The summed E-state index contributed by atoms with van der Waals surface area (Å²) in [7, 11) is 0. The van der Waals surface area contributed by atoms with Crippen molar-refractivity contribution >= 4 is 45.5 Å². The van der Waals surface area contributed by atoms with E-state index < -0.39 is 0 Å². The number of nitrogens with zero attached hydrogens (tertiary/aromatic N) is 2. The minimum absolute atomic E-state index is 0.564. The molecule has 0 aliphatic heterocycles. The fraction of sp³-hybridized carbons (Fsp3) is 0. The van der Waals surface area contributed by atoms with Crippen LogP contribution in [0.2, 0.25) is 0 Å². The van der Waals surface area contributed by atoms with Crippen molar-refractivity contribution in [2.45, 2.75) is 0 Å². The second-order valence-corrected chi connectivity index (χ2v) is 11.1. The first-order chi connectivity index (χ1) is 22.7. The van der Waals surface area contributed by atoms with Crippen molar-refractivity contribution in [2.24, 2.45) is 0 Å². The van der Waals surface area contributed by atoms with Gasteiger partial charge in [0.05, 0.1) is 11.4 Å². The van der Waals surface area contributed by atoms with Crippen LogP contribution in [0.15, 0.2) is 182 Å². The Morgan fingerprint density at radius 1 is 0.283 bits per heavy atom. The van der Waals surface area contributed by atoms with E-state index in [1.807, 2.05) is 36.4 Å². The van der Waals surface area contributed by atoms with E-state index in [1.54, 1.807) is 0 Å². The Kier molecular flexibility index (Phi) is 7.91. The lowest BCUT2D eigenvalue weighted by Gasteiger charge is -2.26. The zero-order valence-corrected chi connectivity index (χ0v) is 25.4. The first kappa shape index (κ1) is 28.5. The Labute approximate surface area is 270 Å². The van der Waals surface area contributed by atoms with Crippen LogP contribution >= 0.6 is 0 Å². The Balaban J connectivity index is 1.26. The van der Waals surface area contributed by atoms with Crippen LogP contribution < -0.4 is 21.3 Å². The number of rotatable bonds is 8. The van der Waals surface area contributed by atoms with Crippen LogP contribution in [0.5, 0.6) is 0 Å². The molecule has 0 spiro atoms. The summed E-state index contributed by atoms with van der Waals surface area (Å²) >= 11 is 0. The van der Waals surface area contributed by atoms with Crippen LogP contribution in [-0.4, -0.2) is 0 Å². The van der Waals surface area contributed by atoms with Gasteiger partial charge in [-0.25, -0.2) is 0 Å². The summed E-state index contributed by atoms with van der Waals surface area (Å²) in [6.07, 6.45) is 0. The number of hydrogen-bond donors (Lipinski definition) is 2. The average Bonchev–Trinajstić information content (AvgIpc) is 3.12. The summed E-state index contributed by atoms with van der Waals surface area (Å²) in [4.78, 5) is 4.51. The Bertz CT molecular complexity index is 1800. The molecule has 0 unspecified atom stereocenters. The Morgan fingerprint density at radius 2 is 0.522 bits per heavy atom. The summed E-state index contributed by atoms with van der Waals surface area (Å²) in [6.45, 7) is 0. The highest BCUT2D eigenvalue weighted by molar-refractivity contribution is 5.91. The van der Waals surface area contributed by atoms with E-state index >= 15 is 0 Å². The van der Waals surface area contributed by atoms with Gasteiger partial charge in [0.15, 0.2) is 0 Å². The normalized spacial score (nSPS) is 10.8. The fourth-order valence-electron chi connectivity index (χ4n) is 5.89. The zero-order valence-electron chi connectivity index (χ0n) is 25.4. The number of nitrogens with two attached hydrogens (primary N) is 2. The molecule has 0 aromatic heterocycles. The van der Waals surface area contributed by atoms with Gasteiger partial charge in [0, 0.05) is 34.1 Å². The molecule has 222 valence electrons. The van der Waals surface area contributed by atoms with Gasteiger partial charge in [-0.05, 0) is 107 Å². The summed E-state index contributed by atoms with van der Waals surface area (Å²) in [5.74, 6) is 0. The molecular formula is C42H34N4. The van der Waals surface area contributed by atoms with Crippen LogP contribution in [0.25, 0.3) is 22.3 Å². The van der Waals surface area contributed by atoms with Gasteiger partial charge in [-0.3, -0.25) is 0 Å². The largest absolute Gasteiger partial charge is 0.397 e. The minimum Gasteiger partial charge on any atom is -0.397 e. The van der Waals surface area contributed by atoms with Gasteiger partial charge in [-0.15, -0.1) is 0 Å². The maximum atomic E-state index is 6.39. The predicted molar refractivity (Wildman–Crippen MR) is 196 cm³/mol. The van der Waals surface area contributed by atoms with Crippen LogP contribution in [-0.2, 0) is 0 Å². The number of nitrogen functional groups attached to an aromatic ring is 2. The molecule has 0 radical (unpaired) electrons. The van der Waals surface area contributed by atoms with Gasteiger partial charge >= 0.3 is 0 Å². The van der Waals surface area contributed by atoms with Crippen molar-refractivity contribution in [1.29, 1.82) is 0 Å². The van der Waals surface area contributed by atoms with Crippen molar-refractivity contribution in [3.05, 3.63) is 182 Å². The van der Waals surface area contributed by atoms with Crippen molar-refractivity contribution in [1.82, 2.24) is 0 Å². The maximum absolute atomic E-state index is 6.39. The number of hydrogen-bond acceptors (Lipinski definition) is 4. The molecule has 0 bridgehead atoms. The van der Waals surface area contributed by atoms with Crippen molar-refractivity contribution in [3.63, 3.8) is 0 Å². The van der Waals surface area contributed by atoms with Crippen LogP contribution in [0.1, 0.15) is 0 Å². The van der Waals surface area contributed by atoms with Gasteiger partial charge in [-0.1, -0.05) is 97.1 Å². The van der Waals surface area contributed by atoms with E-state index in [-0.39, 0.29) is 0 Å². The highest BCUT2D eigenvalue weighted by Gasteiger charge is 2.16. The Morgan fingerprint density at radius 3 is 0.783 bits per heavy atom. The first-order valence-corrected chi connectivity index (χ1v) is 15.4. The number of para-hydroxylation sites is 4. The molecule has 0 heterocycles. The van der Waals surface area contributed by atoms with Gasteiger partial charge in [0.1, 0.15) is 0 Å². The summed E-state index contributed by atoms with van der Waals surface area (Å²) < 4.78 is 0. The molecule has 0 aliphatic carbocycles. The molecule has 0 fully saturated rings. The van der Waals surface area contributed by atoms with Gasteiger partial charge in [-0.2, -0.15) is 0 Å². The predicted octanol–water partition coefficient (Wildman–Crippen LogP) is 11.1. The van der Waals surface area contributed by atoms with Crippen LogP contribution in [0.3, 0.4) is 0 Å². The van der Waals surface area contributed by atoms with Crippen molar-refractivity contribution < 1.29 is 0 Å². The molecule has 7 aromatic carbocycles. The van der Waals surface area contributed by atoms with Crippen LogP contribution in [0, 0.1) is 0 Å². The number of benzene rings is 7. The smallest absolute Gasteiger partial charge is 0.0554 e. The molecule has 7 rings (SSSR count). The molecule has 4 N–H and O–H groups in total. The molecule has 0 saturated heterocycles. The lowest BCUT2D eigenvalue weighted by atomic mass is 9.93. The summed E-state index contributed by atoms with van der Waals surface area (Å²) in [5.41, 5.74) is 24.6. The zero-order chi connectivity index (χ0) is 31.3. The van der Waals surface area contributed by atoms with Crippen molar-refractivity contribution in [2.75, 3.05) is 21.3 Å². The molecule has 0 saturated carbocycles. The third-order valence-corrected chi connectivity index (χ3v) is 8.15. The van der Waals surface area contributed by atoms with E-state index in [0.29, 0.717) is 11.4 Å². The summed E-state index contributed by atoms with van der Waals surface area (Å²) in [5, 5.41) is 0. The van der Waals surface area contributed by atoms with Gasteiger partial charge in [0.25, 0.3) is 0 Å². The van der Waals surface area contributed by atoms with Crippen LogP contribution in [0.4, 0.5) is 45.5 Å². The van der Waals surface area contributed by atoms with E-state index in [1.165, 1.54) is 0 Å². The third kappa shape index (κ3) is 5.80. The SMILES string of the molecule is Nc1cc(-c2ccc(N(c3ccccc3)c3ccccc3)cc2)c(-c2ccc(N(c3ccccc3)c3ccccc3)cc2)cc1N.